The number of benzene rings is 1. The summed E-state index contributed by atoms with van der Waals surface area (Å²) in [6.07, 6.45) is 0. The number of hydrogen-bond acceptors (Lipinski definition) is 3. The zero-order chi connectivity index (χ0) is 12.4. The van der Waals surface area contributed by atoms with E-state index in [0.29, 0.717) is 11.2 Å². The first kappa shape index (κ1) is 12.4. The number of aryl methyl sites for hydroxylation is 1. The highest BCUT2D eigenvalue weighted by Crippen LogP contribution is 2.28. The van der Waals surface area contributed by atoms with E-state index < -0.39 is 0 Å². The Kier molecular flexibility index (Phi) is 3.72. The molecule has 4 heteroatoms. The van der Waals surface area contributed by atoms with Gasteiger partial charge in [0.25, 0.3) is 0 Å². The van der Waals surface area contributed by atoms with Gasteiger partial charge < -0.3 is 5.32 Å². The molecule has 2 nitrogen and oxygen atoms in total. The lowest BCUT2D eigenvalue weighted by atomic mass is 10.1. The van der Waals surface area contributed by atoms with Crippen LogP contribution in [0.15, 0.2) is 23.2 Å². The molecule has 92 valence electrons. The highest BCUT2D eigenvalue weighted by Gasteiger charge is 2.22. The van der Waals surface area contributed by atoms with Gasteiger partial charge in [0.1, 0.15) is 5.82 Å². The quantitative estimate of drug-likeness (QED) is 0.868. The number of amidine groups is 1. The first-order valence-corrected chi connectivity index (χ1v) is 6.68. The van der Waals surface area contributed by atoms with Gasteiger partial charge in [0, 0.05) is 10.9 Å². The molecule has 1 heterocycles. The molecule has 1 aliphatic rings. The molecule has 0 amide bonds. The fourth-order valence-electron chi connectivity index (χ4n) is 1.74. The number of anilines is 1. The number of nitrogens with one attached hydrogen (secondary N) is 1. The van der Waals surface area contributed by atoms with Crippen molar-refractivity contribution in [3.8, 4) is 0 Å². The molecular formula is C13H17FN2S. The van der Waals surface area contributed by atoms with Gasteiger partial charge in [-0.15, -0.1) is 0 Å². The summed E-state index contributed by atoms with van der Waals surface area (Å²) in [6, 6.07) is 4.94. The van der Waals surface area contributed by atoms with E-state index >= 15 is 0 Å². The summed E-state index contributed by atoms with van der Waals surface area (Å²) in [5.74, 6) is 0.397. The SMILES string of the molecule is Cc1cc(F)cc(NC2=NCC(C(C)C)S2)c1. The minimum Gasteiger partial charge on any atom is -0.335 e. The normalized spacial score (nSPS) is 19.6. The van der Waals surface area contributed by atoms with Crippen molar-refractivity contribution in [2.45, 2.75) is 26.0 Å². The van der Waals surface area contributed by atoms with Gasteiger partial charge in [-0.3, -0.25) is 4.99 Å². The van der Waals surface area contributed by atoms with Crippen molar-refractivity contribution in [1.29, 1.82) is 0 Å². The third-order valence-electron chi connectivity index (χ3n) is 2.71. The molecule has 0 radical (unpaired) electrons. The molecule has 0 saturated carbocycles. The number of thioether (sulfide) groups is 1. The van der Waals surface area contributed by atoms with Gasteiger partial charge in [-0.2, -0.15) is 0 Å². The van der Waals surface area contributed by atoms with Crippen LogP contribution >= 0.6 is 11.8 Å². The molecule has 1 aromatic carbocycles. The fourth-order valence-corrected chi connectivity index (χ4v) is 2.77. The van der Waals surface area contributed by atoms with E-state index in [2.05, 4.69) is 24.2 Å². The highest BCUT2D eigenvalue weighted by atomic mass is 32.2. The maximum absolute atomic E-state index is 13.2. The standard InChI is InChI=1S/C13H17FN2S/c1-8(2)12-7-15-13(17-12)16-11-5-9(3)4-10(14)6-11/h4-6,8,12H,7H2,1-3H3,(H,15,16). The summed E-state index contributed by atoms with van der Waals surface area (Å²) in [5.41, 5.74) is 1.69. The van der Waals surface area contributed by atoms with Crippen molar-refractivity contribution in [1.82, 2.24) is 0 Å². The Morgan fingerprint density at radius 2 is 2.18 bits per heavy atom. The van der Waals surface area contributed by atoms with Crippen LogP contribution in [0.25, 0.3) is 0 Å². The van der Waals surface area contributed by atoms with E-state index in [4.69, 9.17) is 0 Å². The molecule has 1 N–H and O–H groups in total. The summed E-state index contributed by atoms with van der Waals surface area (Å²) in [6.45, 7) is 7.12. The number of nitrogens with zero attached hydrogens (tertiary/aromatic N) is 1. The second kappa shape index (κ2) is 5.08. The van der Waals surface area contributed by atoms with Gasteiger partial charge in [-0.25, -0.2) is 4.39 Å². The Morgan fingerprint density at radius 1 is 1.41 bits per heavy atom. The second-order valence-electron chi connectivity index (χ2n) is 4.69. The first-order chi connectivity index (χ1) is 8.04. The van der Waals surface area contributed by atoms with Gasteiger partial charge in [-0.1, -0.05) is 25.6 Å². The largest absolute Gasteiger partial charge is 0.335 e. The lowest BCUT2D eigenvalue weighted by Gasteiger charge is -2.12. The molecule has 2 rings (SSSR count). The molecule has 17 heavy (non-hydrogen) atoms. The minimum absolute atomic E-state index is 0.212. The molecule has 1 unspecified atom stereocenters. The highest BCUT2D eigenvalue weighted by molar-refractivity contribution is 8.15. The molecule has 1 aromatic rings. The number of aliphatic imine (C=N–C) groups is 1. The van der Waals surface area contributed by atoms with Crippen LogP contribution in [0.1, 0.15) is 19.4 Å². The molecule has 0 saturated heterocycles. The maximum Gasteiger partial charge on any atom is 0.161 e. The van der Waals surface area contributed by atoms with Crippen LogP contribution < -0.4 is 5.32 Å². The van der Waals surface area contributed by atoms with E-state index in [1.807, 2.05) is 13.0 Å². The predicted molar refractivity (Wildman–Crippen MR) is 73.3 cm³/mol. The van der Waals surface area contributed by atoms with Gasteiger partial charge in [0.05, 0.1) is 6.54 Å². The molecule has 0 bridgehead atoms. The van der Waals surface area contributed by atoms with Crippen LogP contribution in [-0.4, -0.2) is 17.0 Å². The third kappa shape index (κ3) is 3.22. The Balaban J connectivity index is 2.03. The fraction of sp³-hybridized carbons (Fsp3) is 0.462. The Bertz CT molecular complexity index is 423. The number of rotatable bonds is 2. The van der Waals surface area contributed by atoms with Crippen molar-refractivity contribution in [2.75, 3.05) is 11.9 Å². The minimum atomic E-state index is -0.212. The second-order valence-corrected chi connectivity index (χ2v) is 5.92. The lowest BCUT2D eigenvalue weighted by molar-refractivity contribution is 0.621. The van der Waals surface area contributed by atoms with E-state index in [1.54, 1.807) is 11.8 Å². The Labute approximate surface area is 106 Å². The van der Waals surface area contributed by atoms with Crippen LogP contribution in [-0.2, 0) is 0 Å². The van der Waals surface area contributed by atoms with Gasteiger partial charge in [0.15, 0.2) is 5.17 Å². The molecule has 0 aliphatic carbocycles. The Morgan fingerprint density at radius 3 is 2.76 bits per heavy atom. The topological polar surface area (TPSA) is 24.4 Å². The molecule has 1 aliphatic heterocycles. The predicted octanol–water partition coefficient (Wildman–Crippen LogP) is 3.67. The van der Waals surface area contributed by atoms with E-state index in [1.165, 1.54) is 12.1 Å². The lowest BCUT2D eigenvalue weighted by Crippen LogP contribution is -2.13. The first-order valence-electron chi connectivity index (χ1n) is 5.80. The van der Waals surface area contributed by atoms with Crippen molar-refractivity contribution < 1.29 is 4.39 Å². The van der Waals surface area contributed by atoms with Crippen LogP contribution in [0.4, 0.5) is 10.1 Å². The summed E-state index contributed by atoms with van der Waals surface area (Å²) in [4.78, 5) is 4.44. The Hall–Kier alpha value is -1.03. The zero-order valence-electron chi connectivity index (χ0n) is 10.3. The van der Waals surface area contributed by atoms with E-state index in [9.17, 15) is 4.39 Å². The van der Waals surface area contributed by atoms with Crippen molar-refractivity contribution in [2.24, 2.45) is 10.9 Å². The molecule has 0 spiro atoms. The van der Waals surface area contributed by atoms with E-state index in [-0.39, 0.29) is 5.82 Å². The number of hydrogen-bond donors (Lipinski definition) is 1. The summed E-state index contributed by atoms with van der Waals surface area (Å²) < 4.78 is 13.2. The summed E-state index contributed by atoms with van der Waals surface area (Å²) in [7, 11) is 0. The molecular weight excluding hydrogens is 235 g/mol. The van der Waals surface area contributed by atoms with Crippen LogP contribution in [0.2, 0.25) is 0 Å². The van der Waals surface area contributed by atoms with Crippen LogP contribution in [0, 0.1) is 18.7 Å². The average molecular weight is 252 g/mol. The molecule has 0 aromatic heterocycles. The van der Waals surface area contributed by atoms with Gasteiger partial charge >= 0.3 is 0 Å². The maximum atomic E-state index is 13.2. The monoisotopic (exact) mass is 252 g/mol. The zero-order valence-corrected chi connectivity index (χ0v) is 11.1. The van der Waals surface area contributed by atoms with Crippen LogP contribution in [0.3, 0.4) is 0 Å². The summed E-state index contributed by atoms with van der Waals surface area (Å²) in [5, 5.41) is 4.61. The average Bonchev–Trinajstić information content (AvgIpc) is 2.64. The molecule has 0 fully saturated rings. The van der Waals surface area contributed by atoms with Gasteiger partial charge in [0.2, 0.25) is 0 Å². The summed E-state index contributed by atoms with van der Waals surface area (Å²) >= 11 is 1.74. The van der Waals surface area contributed by atoms with Crippen molar-refractivity contribution >= 4 is 22.6 Å². The third-order valence-corrected chi connectivity index (χ3v) is 4.17. The van der Waals surface area contributed by atoms with Crippen molar-refractivity contribution in [3.63, 3.8) is 0 Å². The smallest absolute Gasteiger partial charge is 0.161 e. The number of halogens is 1. The van der Waals surface area contributed by atoms with Crippen LogP contribution in [0.5, 0.6) is 0 Å². The van der Waals surface area contributed by atoms with Crippen molar-refractivity contribution in [3.05, 3.63) is 29.6 Å². The molecule has 1 atom stereocenters. The van der Waals surface area contributed by atoms with E-state index in [0.717, 1.165) is 23.0 Å². The van der Waals surface area contributed by atoms with Gasteiger partial charge in [-0.05, 0) is 36.6 Å².